The topological polar surface area (TPSA) is 221 Å². The summed E-state index contributed by atoms with van der Waals surface area (Å²) < 4.78 is 62.4. The molecule has 5 aromatic carbocycles. The van der Waals surface area contributed by atoms with Crippen LogP contribution in [0.1, 0.15) is 202 Å². The maximum atomic E-state index is 14.4. The summed E-state index contributed by atoms with van der Waals surface area (Å²) in [7, 11) is 0. The van der Waals surface area contributed by atoms with E-state index in [0.717, 1.165) is 147 Å². The fourth-order valence-corrected chi connectivity index (χ4v) is 9.35. The number of hydrogen-bond acceptors (Lipinski definition) is 18. The molecule has 5 aromatic rings. The Morgan fingerprint density at radius 2 is 0.667 bits per heavy atom. The number of carbonyl (C=O) groups excluding carboxylic acids is 7. The lowest BCUT2D eigenvalue weighted by Gasteiger charge is -2.20. The van der Waals surface area contributed by atoms with Crippen LogP contribution in [0.15, 0.2) is 153 Å². The highest BCUT2D eigenvalue weighted by Crippen LogP contribution is 2.30. The van der Waals surface area contributed by atoms with E-state index < -0.39 is 42.1 Å². The number of ether oxygens (including phenoxy) is 11. The Bertz CT molecular complexity index is 3060. The Morgan fingerprint density at radius 3 is 1.04 bits per heavy atom. The van der Waals surface area contributed by atoms with E-state index in [-0.39, 0.29) is 39.9 Å². The van der Waals surface area contributed by atoms with E-state index in [4.69, 9.17) is 52.1 Å². The van der Waals surface area contributed by atoms with Gasteiger partial charge in [-0.3, -0.25) is 0 Å². The van der Waals surface area contributed by atoms with Gasteiger partial charge in [0.15, 0.2) is 0 Å². The molecule has 0 spiro atoms. The largest absolute Gasteiger partial charge is 0.494 e. The fourth-order valence-electron chi connectivity index (χ4n) is 9.35. The van der Waals surface area contributed by atoms with E-state index in [1.165, 1.54) is 30.4 Å². The third-order valence-electron chi connectivity index (χ3n) is 14.6. The quantitative estimate of drug-likeness (QED) is 0.00882. The van der Waals surface area contributed by atoms with E-state index in [1.807, 2.05) is 6.92 Å². The van der Waals surface area contributed by atoms with Gasteiger partial charge in [0.2, 0.25) is 6.29 Å². The first kappa shape index (κ1) is 74.5. The maximum absolute atomic E-state index is 14.4. The molecule has 0 aliphatic carbocycles. The van der Waals surface area contributed by atoms with Crippen LogP contribution in [-0.2, 0) is 33.3 Å². The van der Waals surface area contributed by atoms with Crippen LogP contribution < -0.4 is 33.2 Å². The third-order valence-corrected chi connectivity index (χ3v) is 14.6. The van der Waals surface area contributed by atoms with E-state index in [2.05, 4.69) is 19.7 Å². The van der Waals surface area contributed by atoms with Crippen LogP contribution >= 0.6 is 0 Å². The monoisotopic (exact) mass is 1280 g/mol. The molecule has 0 aromatic heterocycles. The summed E-state index contributed by atoms with van der Waals surface area (Å²) in [4.78, 5) is 88.4. The van der Waals surface area contributed by atoms with Crippen molar-refractivity contribution in [1.29, 1.82) is 0 Å². The minimum atomic E-state index is -1.13. The van der Waals surface area contributed by atoms with Gasteiger partial charge in [0.1, 0.15) is 45.8 Å². The third kappa shape index (κ3) is 31.1. The lowest BCUT2D eigenvalue weighted by molar-refractivity contribution is -0.138. The molecule has 0 radical (unpaired) electrons. The molecule has 0 heterocycles. The Morgan fingerprint density at radius 1 is 0.344 bits per heavy atom. The number of benzene rings is 5. The highest BCUT2D eigenvalue weighted by Gasteiger charge is 2.25. The van der Waals surface area contributed by atoms with Crippen LogP contribution in [0, 0.1) is 0 Å². The predicted octanol–water partition coefficient (Wildman–Crippen LogP) is 16.6. The highest BCUT2D eigenvalue weighted by molar-refractivity contribution is 5.97. The molecular weight excluding hydrogens is 1190 g/mol. The second-order valence-corrected chi connectivity index (χ2v) is 22.1. The molecule has 0 aliphatic rings. The zero-order chi connectivity index (χ0) is 66.5. The average molecular weight is 1280 g/mol. The molecule has 0 saturated carbocycles. The average Bonchev–Trinajstić information content (AvgIpc) is 0.943. The molecule has 18 heteroatoms. The lowest BCUT2D eigenvalue weighted by Crippen LogP contribution is -2.25. The molecule has 0 N–H and O–H groups in total. The van der Waals surface area contributed by atoms with E-state index in [0.29, 0.717) is 81.0 Å². The highest BCUT2D eigenvalue weighted by atomic mass is 16.7. The minimum absolute atomic E-state index is 0.0218. The first-order chi connectivity index (χ1) is 45.4. The molecule has 0 aliphatic heterocycles. The molecule has 0 saturated heterocycles. The molecule has 0 fully saturated rings. The van der Waals surface area contributed by atoms with Crippen molar-refractivity contribution in [3.05, 3.63) is 175 Å². The number of esters is 7. The number of rotatable bonds is 49. The second-order valence-electron chi connectivity index (χ2n) is 22.1. The molecule has 0 bridgehead atoms. The summed E-state index contributed by atoms with van der Waals surface area (Å²) in [5.74, 6) is -2.03. The Labute approximate surface area is 547 Å². The van der Waals surface area contributed by atoms with Gasteiger partial charge in [-0.15, -0.1) is 0 Å². The van der Waals surface area contributed by atoms with Crippen molar-refractivity contribution < 1.29 is 85.7 Å². The Hall–Kier alpha value is -9.19. The van der Waals surface area contributed by atoms with Crippen molar-refractivity contribution in [1.82, 2.24) is 0 Å². The Balaban J connectivity index is 1.17. The van der Waals surface area contributed by atoms with Crippen LogP contribution in [0.2, 0.25) is 0 Å². The first-order valence-corrected chi connectivity index (χ1v) is 32.7. The molecule has 1 unspecified atom stereocenters. The molecule has 18 nitrogen and oxygen atoms in total. The first-order valence-electron chi connectivity index (χ1n) is 32.7. The molecule has 0 amide bonds. The summed E-state index contributed by atoms with van der Waals surface area (Å²) in [5.41, 5.74) is 0.518. The van der Waals surface area contributed by atoms with Crippen molar-refractivity contribution in [2.45, 2.75) is 167 Å². The van der Waals surface area contributed by atoms with Gasteiger partial charge in [-0.05, 0) is 173 Å². The van der Waals surface area contributed by atoms with Crippen LogP contribution in [-0.4, -0.2) is 87.7 Å². The zero-order valence-electron chi connectivity index (χ0n) is 54.0. The van der Waals surface area contributed by atoms with Gasteiger partial charge in [0.25, 0.3) is 0 Å². The maximum Gasteiger partial charge on any atom is 0.345 e. The molecule has 5 rings (SSSR count). The lowest BCUT2D eigenvalue weighted by atomic mass is 10.1. The number of hydrogen-bond donors (Lipinski definition) is 0. The summed E-state index contributed by atoms with van der Waals surface area (Å²) in [6, 6.07) is 30.0. The Kier molecular flexibility index (Phi) is 36.2. The summed E-state index contributed by atoms with van der Waals surface area (Å²) in [5, 5.41) is 0. The summed E-state index contributed by atoms with van der Waals surface area (Å²) >= 11 is 0. The molecule has 93 heavy (non-hydrogen) atoms. The van der Waals surface area contributed by atoms with Gasteiger partial charge in [-0.25, -0.2) is 33.6 Å². The van der Waals surface area contributed by atoms with Crippen molar-refractivity contribution in [3.8, 4) is 40.2 Å². The van der Waals surface area contributed by atoms with Gasteiger partial charge in [-0.2, -0.15) is 0 Å². The predicted molar refractivity (Wildman–Crippen MR) is 353 cm³/mol. The van der Waals surface area contributed by atoms with Crippen molar-refractivity contribution in [2.24, 2.45) is 0 Å². The number of unbranched alkanes of at least 4 members (excludes halogenated alkanes) is 19. The van der Waals surface area contributed by atoms with Crippen LogP contribution in [0.3, 0.4) is 0 Å². The zero-order valence-corrected chi connectivity index (χ0v) is 54.0. The second kappa shape index (κ2) is 45.1. The van der Waals surface area contributed by atoms with Crippen LogP contribution in [0.5, 0.6) is 40.2 Å². The normalized spacial score (nSPS) is 11.0. The molecular formula is C75H92O18. The van der Waals surface area contributed by atoms with Gasteiger partial charge in [0.05, 0.1) is 56.3 Å². The SMILES string of the molecule is C=CC(=O)OCCCCCCCCCCOc1ccc(C(=O)Oc2ccc(OC(=O)c3ccc(OCCCCCCCCCCOC(=O)C=C)cc3)c(C(=O)OC(CCCCC)Oc3ccc(OC(=O)c4ccc(OCCCCCCOC(=O)C=C)cc4)cc3)c2)cc1. The van der Waals surface area contributed by atoms with Crippen LogP contribution in [0.25, 0.3) is 0 Å². The minimum Gasteiger partial charge on any atom is -0.494 e. The van der Waals surface area contributed by atoms with Crippen molar-refractivity contribution in [3.63, 3.8) is 0 Å². The van der Waals surface area contributed by atoms with E-state index in [1.54, 1.807) is 97.1 Å². The van der Waals surface area contributed by atoms with Crippen LogP contribution in [0.4, 0.5) is 0 Å². The van der Waals surface area contributed by atoms with Crippen molar-refractivity contribution >= 4 is 41.8 Å². The standard InChI is InChI=1S/C75H92O18/c1-5-9-24-31-71(89-63-44-46-64(47-45-63)90-72(79)57-32-38-60(39-33-57)85-52-27-22-23-30-55-88-70(78)8-4)93-75(82)66-56-65(91-73(80)58-34-40-61(41-35-58)83-50-25-18-14-10-12-16-20-28-53-86-68(76)6-2)48-49-67(66)92-74(81)59-36-42-62(43-37-59)84-51-26-19-15-11-13-17-21-29-54-87-69(77)7-3/h6-8,32-49,56,71H,2-5,9-31,50-55H2,1H3. The van der Waals surface area contributed by atoms with Gasteiger partial charge < -0.3 is 52.1 Å². The van der Waals surface area contributed by atoms with Gasteiger partial charge in [0, 0.05) is 24.6 Å². The van der Waals surface area contributed by atoms with Crippen molar-refractivity contribution in [2.75, 3.05) is 39.6 Å². The van der Waals surface area contributed by atoms with Gasteiger partial charge >= 0.3 is 41.8 Å². The smallest absolute Gasteiger partial charge is 0.345 e. The fraction of sp³-hybridized carbons (Fsp3) is 0.427. The summed E-state index contributed by atoms with van der Waals surface area (Å²) in [6.07, 6.45) is 24.6. The molecule has 1 atom stereocenters. The summed E-state index contributed by atoms with van der Waals surface area (Å²) in [6.45, 7) is 14.9. The molecule has 500 valence electrons. The van der Waals surface area contributed by atoms with E-state index >= 15 is 0 Å². The van der Waals surface area contributed by atoms with Gasteiger partial charge in [-0.1, -0.05) is 117 Å². The number of carbonyl (C=O) groups is 7. The van der Waals surface area contributed by atoms with E-state index in [9.17, 15) is 33.6 Å².